The summed E-state index contributed by atoms with van der Waals surface area (Å²) < 4.78 is 0. The van der Waals surface area contributed by atoms with E-state index >= 15 is 0 Å². The first-order chi connectivity index (χ1) is 9.45. The van der Waals surface area contributed by atoms with Gasteiger partial charge < -0.3 is 5.11 Å². The third kappa shape index (κ3) is 1.52. The molecule has 0 unspecified atom stereocenters. The fourth-order valence-corrected chi connectivity index (χ4v) is 6.89. The third-order valence-corrected chi connectivity index (χ3v) is 8.07. The smallest absolute Gasteiger partial charge is 0.133 e. The predicted molar refractivity (Wildman–Crippen MR) is 78.1 cm³/mol. The molecule has 4 fully saturated rings. The number of fused-ring (bicyclic) bond motifs is 5. The minimum Gasteiger partial charge on any atom is -0.393 e. The average Bonchev–Trinajstić information content (AvgIpc) is 2.86. The summed E-state index contributed by atoms with van der Waals surface area (Å²) in [6.45, 7) is 4.74. The van der Waals surface area contributed by atoms with Gasteiger partial charge in [-0.1, -0.05) is 13.8 Å². The van der Waals surface area contributed by atoms with E-state index in [9.17, 15) is 9.90 Å². The number of aliphatic hydroxyl groups excluding tert-OH is 1. The third-order valence-electron chi connectivity index (χ3n) is 8.07. The van der Waals surface area contributed by atoms with Crippen LogP contribution in [0.25, 0.3) is 0 Å². The number of rotatable bonds is 0. The van der Waals surface area contributed by atoms with Crippen LogP contribution in [0, 0.1) is 34.5 Å². The number of carbonyl (C=O) groups excluding carboxylic acids is 1. The Morgan fingerprint density at radius 1 is 1.00 bits per heavy atom. The zero-order valence-electron chi connectivity index (χ0n) is 12.9. The predicted octanol–water partition coefficient (Wildman–Crippen LogP) is 3.57. The van der Waals surface area contributed by atoms with Crippen LogP contribution in [0.1, 0.15) is 65.2 Å². The lowest BCUT2D eigenvalue weighted by Gasteiger charge is -2.56. The summed E-state index contributed by atoms with van der Waals surface area (Å²) in [6.07, 6.45) is 8.82. The molecule has 0 aromatic rings. The van der Waals surface area contributed by atoms with Crippen molar-refractivity contribution in [3.05, 3.63) is 0 Å². The van der Waals surface area contributed by atoms with E-state index in [0.717, 1.165) is 31.1 Å². The molecule has 0 aliphatic heterocycles. The van der Waals surface area contributed by atoms with Gasteiger partial charge >= 0.3 is 0 Å². The van der Waals surface area contributed by atoms with Gasteiger partial charge in [0.05, 0.1) is 6.10 Å². The van der Waals surface area contributed by atoms with Gasteiger partial charge in [-0.2, -0.15) is 0 Å². The second-order valence-electron chi connectivity index (χ2n) is 8.71. The molecule has 0 amide bonds. The van der Waals surface area contributed by atoms with Crippen LogP contribution in [0.15, 0.2) is 0 Å². The van der Waals surface area contributed by atoms with Crippen LogP contribution in [-0.4, -0.2) is 17.0 Å². The van der Waals surface area contributed by atoms with E-state index in [1.165, 1.54) is 32.1 Å². The highest BCUT2D eigenvalue weighted by atomic mass is 16.3. The summed E-state index contributed by atoms with van der Waals surface area (Å²) in [5.41, 5.74) is 0.460. The van der Waals surface area contributed by atoms with Gasteiger partial charge in [0.2, 0.25) is 0 Å². The number of carbonyl (C=O) groups is 1. The SMILES string of the molecule is C[C@]12CC[C@H]3[C@@H](CC[C@H]4CC(=O)C[C@@]43C)[C@H]1CC[C@@H]2O. The lowest BCUT2D eigenvalue weighted by molar-refractivity contribution is -0.119. The van der Waals surface area contributed by atoms with Crippen LogP contribution in [0.5, 0.6) is 0 Å². The first kappa shape index (κ1) is 13.3. The number of hydrogen-bond acceptors (Lipinski definition) is 2. The maximum absolute atomic E-state index is 12.0. The normalized spacial score (nSPS) is 58.1. The summed E-state index contributed by atoms with van der Waals surface area (Å²) >= 11 is 0. The van der Waals surface area contributed by atoms with Crippen molar-refractivity contribution in [2.45, 2.75) is 71.3 Å². The summed E-state index contributed by atoms with van der Waals surface area (Å²) in [6, 6.07) is 0. The molecule has 2 heteroatoms. The fraction of sp³-hybridized carbons (Fsp3) is 0.944. The molecule has 0 spiro atoms. The topological polar surface area (TPSA) is 37.3 Å². The molecule has 0 aromatic carbocycles. The van der Waals surface area contributed by atoms with Crippen molar-refractivity contribution < 1.29 is 9.90 Å². The van der Waals surface area contributed by atoms with Gasteiger partial charge in [0.25, 0.3) is 0 Å². The van der Waals surface area contributed by atoms with Gasteiger partial charge in [-0.15, -0.1) is 0 Å². The van der Waals surface area contributed by atoms with E-state index in [-0.39, 0.29) is 16.9 Å². The quantitative estimate of drug-likeness (QED) is 0.734. The Morgan fingerprint density at radius 3 is 2.55 bits per heavy atom. The van der Waals surface area contributed by atoms with E-state index in [1.54, 1.807) is 0 Å². The van der Waals surface area contributed by atoms with Crippen molar-refractivity contribution in [3.8, 4) is 0 Å². The Labute approximate surface area is 122 Å². The molecule has 4 rings (SSSR count). The van der Waals surface area contributed by atoms with Crippen LogP contribution < -0.4 is 0 Å². The zero-order chi connectivity index (χ0) is 14.1. The van der Waals surface area contributed by atoms with Gasteiger partial charge in [0.15, 0.2) is 0 Å². The molecular weight excluding hydrogens is 248 g/mol. The first-order valence-electron chi connectivity index (χ1n) is 8.65. The molecule has 4 aliphatic carbocycles. The molecular formula is C18H28O2. The van der Waals surface area contributed by atoms with E-state index in [4.69, 9.17) is 0 Å². The van der Waals surface area contributed by atoms with Gasteiger partial charge in [-0.05, 0) is 73.0 Å². The largest absolute Gasteiger partial charge is 0.393 e. The molecule has 4 aliphatic rings. The summed E-state index contributed by atoms with van der Waals surface area (Å²) in [5.74, 6) is 3.41. The molecule has 0 heterocycles. The Hall–Kier alpha value is -0.370. The van der Waals surface area contributed by atoms with Crippen molar-refractivity contribution in [1.82, 2.24) is 0 Å². The number of aliphatic hydroxyl groups is 1. The zero-order valence-corrected chi connectivity index (χ0v) is 12.9. The van der Waals surface area contributed by atoms with Crippen LogP contribution >= 0.6 is 0 Å². The molecule has 0 aromatic heterocycles. The highest BCUT2D eigenvalue weighted by molar-refractivity contribution is 5.82. The summed E-state index contributed by atoms with van der Waals surface area (Å²) in [7, 11) is 0. The van der Waals surface area contributed by atoms with Crippen LogP contribution in [-0.2, 0) is 4.79 Å². The molecule has 0 saturated heterocycles. The second-order valence-corrected chi connectivity index (χ2v) is 8.71. The maximum Gasteiger partial charge on any atom is 0.133 e. The van der Waals surface area contributed by atoms with Crippen molar-refractivity contribution in [2.24, 2.45) is 34.5 Å². The molecule has 0 radical (unpaired) electrons. The average molecular weight is 276 g/mol. The Balaban J connectivity index is 1.67. The molecule has 112 valence electrons. The number of hydrogen-bond donors (Lipinski definition) is 1. The minimum absolute atomic E-state index is 0.0795. The van der Waals surface area contributed by atoms with Crippen molar-refractivity contribution >= 4 is 5.78 Å². The standard InChI is InChI=1S/C18H28O2/c1-17-8-7-15-13(14(17)5-6-16(17)20)4-3-11-9-12(19)10-18(11,15)2/h11,13-16,20H,3-10H2,1-2H3/t11-,13-,14+,15-,16-,17-,18-/m0/s1. The fourth-order valence-electron chi connectivity index (χ4n) is 6.89. The van der Waals surface area contributed by atoms with Crippen molar-refractivity contribution in [2.75, 3.05) is 0 Å². The lowest BCUT2D eigenvalue weighted by atomic mass is 9.48. The molecule has 20 heavy (non-hydrogen) atoms. The molecule has 2 nitrogen and oxygen atoms in total. The molecule has 0 bridgehead atoms. The highest BCUT2D eigenvalue weighted by Crippen LogP contribution is 2.66. The second kappa shape index (κ2) is 4.09. The van der Waals surface area contributed by atoms with Crippen LogP contribution in [0.3, 0.4) is 0 Å². The molecule has 1 N–H and O–H groups in total. The van der Waals surface area contributed by atoms with Gasteiger partial charge in [0, 0.05) is 12.8 Å². The van der Waals surface area contributed by atoms with Gasteiger partial charge in [-0.3, -0.25) is 4.79 Å². The monoisotopic (exact) mass is 276 g/mol. The minimum atomic E-state index is -0.0795. The summed E-state index contributed by atoms with van der Waals surface area (Å²) in [5, 5.41) is 10.4. The Bertz CT molecular complexity index is 445. The number of Topliss-reactive ketones (excluding diaryl/α,β-unsaturated/α-hetero) is 1. The van der Waals surface area contributed by atoms with Crippen LogP contribution in [0.4, 0.5) is 0 Å². The van der Waals surface area contributed by atoms with Gasteiger partial charge in [-0.25, -0.2) is 0 Å². The van der Waals surface area contributed by atoms with Crippen LogP contribution in [0.2, 0.25) is 0 Å². The van der Waals surface area contributed by atoms with E-state index in [2.05, 4.69) is 13.8 Å². The molecule has 4 saturated carbocycles. The lowest BCUT2D eigenvalue weighted by Crippen LogP contribution is -2.51. The van der Waals surface area contributed by atoms with E-state index in [0.29, 0.717) is 17.6 Å². The van der Waals surface area contributed by atoms with Crippen molar-refractivity contribution in [3.63, 3.8) is 0 Å². The Kier molecular flexibility index (Phi) is 2.72. The Morgan fingerprint density at radius 2 is 1.75 bits per heavy atom. The van der Waals surface area contributed by atoms with E-state index in [1.807, 2.05) is 0 Å². The van der Waals surface area contributed by atoms with Gasteiger partial charge in [0.1, 0.15) is 5.78 Å². The highest BCUT2D eigenvalue weighted by Gasteiger charge is 2.61. The summed E-state index contributed by atoms with van der Waals surface area (Å²) in [4.78, 5) is 12.0. The van der Waals surface area contributed by atoms with Crippen molar-refractivity contribution in [1.29, 1.82) is 0 Å². The van der Waals surface area contributed by atoms with E-state index < -0.39 is 0 Å². The number of ketones is 1. The molecule has 7 atom stereocenters. The first-order valence-corrected chi connectivity index (χ1v) is 8.65. The maximum atomic E-state index is 12.0.